The Bertz CT molecular complexity index is 208. The van der Waals surface area contributed by atoms with E-state index in [0.717, 1.165) is 0 Å². The van der Waals surface area contributed by atoms with Crippen LogP contribution in [-0.2, 0) is 9.45 Å². The molecule has 3 atom stereocenters. The molecule has 0 spiro atoms. The summed E-state index contributed by atoms with van der Waals surface area (Å²) in [5.74, 6) is -1.24. The van der Waals surface area contributed by atoms with Gasteiger partial charge in [-0.15, -0.1) is 0 Å². The molecule has 0 bridgehead atoms. The molecule has 1 aliphatic rings. The molecule has 0 saturated carbocycles. The Morgan fingerprint density at radius 1 is 1.64 bits per heavy atom. The maximum Gasteiger partial charge on any atom is 0.460 e. The fraction of sp³-hybridized carbons (Fsp3) is 0.875. The van der Waals surface area contributed by atoms with E-state index < -0.39 is 25.3 Å². The van der Waals surface area contributed by atoms with Crippen LogP contribution in [0.25, 0.3) is 0 Å². The van der Waals surface area contributed by atoms with Crippen LogP contribution in [-0.4, -0.2) is 40.5 Å². The molecular weight excluding hydrogens is 187 g/mol. The highest BCUT2D eigenvalue weighted by Crippen LogP contribution is 2.30. The molecule has 0 radical (unpaired) electrons. The van der Waals surface area contributed by atoms with Crippen molar-refractivity contribution in [3.63, 3.8) is 0 Å². The highest BCUT2D eigenvalue weighted by atomic mass is 16.5. The van der Waals surface area contributed by atoms with Crippen molar-refractivity contribution >= 4 is 13.1 Å². The van der Waals surface area contributed by atoms with Crippen molar-refractivity contribution in [3.8, 4) is 0 Å². The monoisotopic (exact) mass is 202 g/mol. The number of hydrogen-bond donors (Lipinski definition) is 3. The Morgan fingerprint density at radius 3 is 2.71 bits per heavy atom. The summed E-state index contributed by atoms with van der Waals surface area (Å²) in [5.41, 5.74) is 0. The largest absolute Gasteiger partial charge is 0.481 e. The zero-order valence-corrected chi connectivity index (χ0v) is 8.09. The van der Waals surface area contributed by atoms with E-state index in [-0.39, 0.29) is 12.2 Å². The van der Waals surface area contributed by atoms with Crippen molar-refractivity contribution in [2.75, 3.05) is 0 Å². The van der Waals surface area contributed by atoms with Crippen molar-refractivity contribution in [2.45, 2.75) is 44.2 Å². The maximum absolute atomic E-state index is 10.4. The predicted molar refractivity (Wildman–Crippen MR) is 49.8 cm³/mol. The number of carbonyl (C=O) groups is 1. The standard InChI is InChI=1S/C8H15BO5/c1-5(10)7-3-2-6(4-8(11)12)14-9(7)13/h5-7,10,13H,2-4H2,1H3,(H,11,12)/t5-,6?,7+/m1/s1. The first-order chi connectivity index (χ1) is 6.50. The second-order valence-corrected chi connectivity index (χ2v) is 3.73. The van der Waals surface area contributed by atoms with Gasteiger partial charge < -0.3 is 19.9 Å². The molecule has 6 heteroatoms. The fourth-order valence-corrected chi connectivity index (χ4v) is 1.71. The van der Waals surface area contributed by atoms with Crippen LogP contribution in [0, 0.1) is 0 Å². The molecule has 3 N–H and O–H groups in total. The number of aliphatic hydroxyl groups is 1. The molecular formula is C8H15BO5. The molecule has 80 valence electrons. The molecule has 1 rings (SSSR count). The summed E-state index contributed by atoms with van der Waals surface area (Å²) in [6.07, 6.45) is 0.00697. The molecule has 1 unspecified atom stereocenters. The summed E-state index contributed by atoms with van der Waals surface area (Å²) in [6.45, 7) is 1.59. The Morgan fingerprint density at radius 2 is 2.29 bits per heavy atom. The lowest BCUT2D eigenvalue weighted by Gasteiger charge is -2.31. The van der Waals surface area contributed by atoms with Crippen LogP contribution in [0.3, 0.4) is 0 Å². The third-order valence-corrected chi connectivity index (χ3v) is 2.54. The summed E-state index contributed by atoms with van der Waals surface area (Å²) >= 11 is 0. The third kappa shape index (κ3) is 2.97. The van der Waals surface area contributed by atoms with Gasteiger partial charge in [-0.2, -0.15) is 0 Å². The summed E-state index contributed by atoms with van der Waals surface area (Å²) < 4.78 is 5.09. The molecule has 5 nitrogen and oxygen atoms in total. The second-order valence-electron chi connectivity index (χ2n) is 3.73. The number of carboxylic acids is 1. The SMILES string of the molecule is C[C@@H](O)[C@@H]1CCC(CC(=O)O)OB1O. The number of carboxylic acid groups (broad SMARTS) is 1. The van der Waals surface area contributed by atoms with Crippen LogP contribution < -0.4 is 0 Å². The number of hydrogen-bond acceptors (Lipinski definition) is 4. The molecule has 14 heavy (non-hydrogen) atoms. The van der Waals surface area contributed by atoms with E-state index in [0.29, 0.717) is 12.8 Å². The van der Waals surface area contributed by atoms with Crippen LogP contribution >= 0.6 is 0 Å². The van der Waals surface area contributed by atoms with Gasteiger partial charge in [0.1, 0.15) is 0 Å². The summed E-state index contributed by atoms with van der Waals surface area (Å²) in [6, 6.07) is 0. The lowest BCUT2D eigenvalue weighted by Crippen LogP contribution is -2.40. The Hall–Kier alpha value is -0.585. The first-order valence-corrected chi connectivity index (χ1v) is 4.74. The first-order valence-electron chi connectivity index (χ1n) is 4.74. The van der Waals surface area contributed by atoms with Gasteiger partial charge in [-0.1, -0.05) is 0 Å². The van der Waals surface area contributed by atoms with Crippen molar-refractivity contribution in [1.82, 2.24) is 0 Å². The van der Waals surface area contributed by atoms with Gasteiger partial charge in [0.2, 0.25) is 0 Å². The van der Waals surface area contributed by atoms with Crippen LogP contribution in [0.4, 0.5) is 0 Å². The molecule has 1 aliphatic heterocycles. The van der Waals surface area contributed by atoms with Gasteiger partial charge in [-0.25, -0.2) is 0 Å². The number of rotatable bonds is 3. The van der Waals surface area contributed by atoms with E-state index in [1.165, 1.54) is 0 Å². The minimum Gasteiger partial charge on any atom is -0.481 e. The molecule has 1 fully saturated rings. The van der Waals surface area contributed by atoms with E-state index in [4.69, 9.17) is 9.76 Å². The predicted octanol–water partition coefficient (Wildman–Crippen LogP) is -0.128. The Kier molecular flexibility index (Phi) is 3.91. The summed E-state index contributed by atoms with van der Waals surface area (Å²) in [7, 11) is -1.05. The van der Waals surface area contributed by atoms with Gasteiger partial charge in [0.05, 0.1) is 18.6 Å². The van der Waals surface area contributed by atoms with Crippen LogP contribution in [0.15, 0.2) is 0 Å². The minimum absolute atomic E-state index is 0.0937. The fourth-order valence-electron chi connectivity index (χ4n) is 1.71. The zero-order valence-electron chi connectivity index (χ0n) is 8.09. The highest BCUT2D eigenvalue weighted by Gasteiger charge is 2.38. The molecule has 1 saturated heterocycles. The zero-order chi connectivity index (χ0) is 10.7. The third-order valence-electron chi connectivity index (χ3n) is 2.54. The van der Waals surface area contributed by atoms with E-state index in [9.17, 15) is 14.9 Å². The van der Waals surface area contributed by atoms with E-state index in [2.05, 4.69) is 0 Å². The van der Waals surface area contributed by atoms with E-state index >= 15 is 0 Å². The van der Waals surface area contributed by atoms with Gasteiger partial charge in [-0.05, 0) is 19.8 Å². The van der Waals surface area contributed by atoms with E-state index in [1.807, 2.05) is 0 Å². The lowest BCUT2D eigenvalue weighted by molar-refractivity contribution is -0.139. The van der Waals surface area contributed by atoms with Crippen molar-refractivity contribution in [3.05, 3.63) is 0 Å². The molecule has 0 amide bonds. The van der Waals surface area contributed by atoms with Gasteiger partial charge in [-0.3, -0.25) is 4.79 Å². The normalized spacial score (nSPS) is 30.1. The van der Waals surface area contributed by atoms with Crippen LogP contribution in [0.5, 0.6) is 0 Å². The summed E-state index contributed by atoms with van der Waals surface area (Å²) in [4.78, 5) is 10.4. The van der Waals surface area contributed by atoms with Crippen LogP contribution in [0.2, 0.25) is 5.82 Å². The second kappa shape index (κ2) is 4.77. The lowest BCUT2D eigenvalue weighted by atomic mass is 9.64. The Balaban J connectivity index is 2.42. The van der Waals surface area contributed by atoms with Gasteiger partial charge in [0, 0.05) is 5.82 Å². The maximum atomic E-state index is 10.4. The first kappa shape index (κ1) is 11.5. The minimum atomic E-state index is -1.05. The average molecular weight is 202 g/mol. The molecule has 0 aromatic rings. The van der Waals surface area contributed by atoms with Gasteiger partial charge in [0.15, 0.2) is 0 Å². The van der Waals surface area contributed by atoms with Crippen molar-refractivity contribution in [2.24, 2.45) is 0 Å². The van der Waals surface area contributed by atoms with Crippen molar-refractivity contribution in [1.29, 1.82) is 0 Å². The number of aliphatic carboxylic acids is 1. The number of aliphatic hydroxyl groups excluding tert-OH is 1. The van der Waals surface area contributed by atoms with Crippen LogP contribution in [0.1, 0.15) is 26.2 Å². The highest BCUT2D eigenvalue weighted by molar-refractivity contribution is 6.45. The smallest absolute Gasteiger partial charge is 0.460 e. The average Bonchev–Trinajstić information content (AvgIpc) is 2.01. The Labute approximate surface area is 82.8 Å². The molecule has 0 aromatic heterocycles. The van der Waals surface area contributed by atoms with Gasteiger partial charge >= 0.3 is 13.1 Å². The van der Waals surface area contributed by atoms with Gasteiger partial charge in [0.25, 0.3) is 0 Å². The summed E-state index contributed by atoms with van der Waals surface area (Å²) in [5, 5.41) is 27.2. The topological polar surface area (TPSA) is 87.0 Å². The van der Waals surface area contributed by atoms with E-state index in [1.54, 1.807) is 6.92 Å². The quantitative estimate of drug-likeness (QED) is 0.555. The molecule has 0 aromatic carbocycles. The molecule has 0 aliphatic carbocycles. The van der Waals surface area contributed by atoms with Crippen molar-refractivity contribution < 1.29 is 24.7 Å². The molecule has 1 heterocycles.